The van der Waals surface area contributed by atoms with Crippen LogP contribution in [0, 0.1) is 5.82 Å². The Bertz CT molecular complexity index is 1060. The molecule has 0 bridgehead atoms. The summed E-state index contributed by atoms with van der Waals surface area (Å²) in [5, 5.41) is 15.5. The predicted molar refractivity (Wildman–Crippen MR) is 95.1 cm³/mol. The highest BCUT2D eigenvalue weighted by atomic mass is 19.1. The average molecular weight is 353 g/mol. The van der Waals surface area contributed by atoms with Gasteiger partial charge in [-0.05, 0) is 35.9 Å². The highest BCUT2D eigenvalue weighted by Gasteiger charge is 2.27. The zero-order valence-electron chi connectivity index (χ0n) is 13.9. The first-order chi connectivity index (χ1) is 12.4. The largest absolute Gasteiger partial charge is 0.505 e. The number of carbonyl (C=O) groups is 2. The third-order valence-electron chi connectivity index (χ3n) is 4.60. The Labute approximate surface area is 148 Å². The lowest BCUT2D eigenvalue weighted by Gasteiger charge is -2.19. The van der Waals surface area contributed by atoms with E-state index in [9.17, 15) is 19.1 Å². The number of hydrogen-bond acceptors (Lipinski definition) is 3. The van der Waals surface area contributed by atoms with E-state index in [0.717, 1.165) is 22.5 Å². The van der Waals surface area contributed by atoms with Crippen molar-refractivity contribution in [2.24, 2.45) is 0 Å². The Morgan fingerprint density at radius 3 is 2.85 bits per heavy atom. The third kappa shape index (κ3) is 2.57. The summed E-state index contributed by atoms with van der Waals surface area (Å²) in [5.41, 5.74) is 2.84. The second-order valence-electron chi connectivity index (χ2n) is 6.41. The molecule has 1 aliphatic rings. The van der Waals surface area contributed by atoms with Crippen LogP contribution in [0.3, 0.4) is 0 Å². The fourth-order valence-corrected chi connectivity index (χ4v) is 3.27. The van der Waals surface area contributed by atoms with Crippen LogP contribution in [0.4, 0.5) is 10.1 Å². The number of nitrogens with one attached hydrogen (secondary N) is 3. The molecule has 4 N–H and O–H groups in total. The maximum absolute atomic E-state index is 13.4. The minimum Gasteiger partial charge on any atom is -0.505 e. The number of carbonyl (C=O) groups excluding carboxylic acids is 2. The number of halogens is 1. The number of amides is 2. The van der Waals surface area contributed by atoms with Crippen LogP contribution in [-0.4, -0.2) is 28.4 Å². The molecule has 0 saturated heterocycles. The second-order valence-corrected chi connectivity index (χ2v) is 6.41. The van der Waals surface area contributed by atoms with Crippen molar-refractivity contribution in [3.63, 3.8) is 0 Å². The van der Waals surface area contributed by atoms with Crippen molar-refractivity contribution in [2.45, 2.75) is 12.8 Å². The fraction of sp³-hybridized carbons (Fsp3) is 0.158. The zero-order chi connectivity index (χ0) is 18.4. The summed E-state index contributed by atoms with van der Waals surface area (Å²) < 4.78 is 13.4. The van der Waals surface area contributed by atoms with Gasteiger partial charge in [-0.1, -0.05) is 6.92 Å². The molecule has 4 rings (SSSR count). The van der Waals surface area contributed by atoms with Gasteiger partial charge >= 0.3 is 0 Å². The Morgan fingerprint density at radius 2 is 2.08 bits per heavy atom. The molecule has 0 spiro atoms. The predicted octanol–water partition coefficient (Wildman–Crippen LogP) is 3.11. The van der Waals surface area contributed by atoms with Crippen LogP contribution in [-0.2, 0) is 0 Å². The molecule has 2 aromatic carbocycles. The summed E-state index contributed by atoms with van der Waals surface area (Å²) in [6.45, 7) is 2.56. The molecule has 26 heavy (non-hydrogen) atoms. The van der Waals surface area contributed by atoms with Crippen LogP contribution < -0.4 is 10.6 Å². The summed E-state index contributed by atoms with van der Waals surface area (Å²) >= 11 is 0. The van der Waals surface area contributed by atoms with Gasteiger partial charge in [0.25, 0.3) is 11.8 Å². The van der Waals surface area contributed by atoms with Crippen molar-refractivity contribution < 1.29 is 19.1 Å². The lowest BCUT2D eigenvalue weighted by atomic mass is 9.93. The number of phenols is 1. The minimum absolute atomic E-state index is 0.126. The Morgan fingerprint density at radius 1 is 1.27 bits per heavy atom. The molecule has 0 fully saturated rings. The van der Waals surface area contributed by atoms with Crippen LogP contribution in [0.5, 0.6) is 5.75 Å². The van der Waals surface area contributed by atoms with Gasteiger partial charge < -0.3 is 20.7 Å². The molecule has 1 atom stereocenters. The van der Waals surface area contributed by atoms with Crippen molar-refractivity contribution in [1.82, 2.24) is 10.3 Å². The lowest BCUT2D eigenvalue weighted by molar-refractivity contribution is 0.0936. The number of hydrogen-bond donors (Lipinski definition) is 4. The SMILES string of the molecule is CC1CNC(=O)c2[nH]c3ccc(C(=O)Nc4ccc(O)c(F)c4)cc3c21. The van der Waals surface area contributed by atoms with Gasteiger partial charge in [0.05, 0.1) is 0 Å². The Kier molecular flexibility index (Phi) is 3.64. The van der Waals surface area contributed by atoms with Crippen LogP contribution in [0.25, 0.3) is 10.9 Å². The van der Waals surface area contributed by atoms with Crippen molar-refractivity contribution in [3.05, 3.63) is 59.0 Å². The van der Waals surface area contributed by atoms with Gasteiger partial charge in [-0.15, -0.1) is 0 Å². The molecular formula is C19H16FN3O3. The van der Waals surface area contributed by atoms with Gasteiger partial charge in [-0.3, -0.25) is 9.59 Å². The second kappa shape index (κ2) is 5.87. The van der Waals surface area contributed by atoms with E-state index in [2.05, 4.69) is 15.6 Å². The highest BCUT2D eigenvalue weighted by molar-refractivity contribution is 6.08. The number of phenolic OH excluding ortho intramolecular Hbond substituents is 1. The van der Waals surface area contributed by atoms with Crippen LogP contribution in [0.15, 0.2) is 36.4 Å². The highest BCUT2D eigenvalue weighted by Crippen LogP contribution is 2.32. The molecule has 132 valence electrons. The molecule has 0 radical (unpaired) electrons. The van der Waals surface area contributed by atoms with Gasteiger partial charge in [0, 0.05) is 40.7 Å². The number of anilines is 1. The number of aromatic nitrogens is 1. The Balaban J connectivity index is 1.70. The topological polar surface area (TPSA) is 94.2 Å². The van der Waals surface area contributed by atoms with Crippen molar-refractivity contribution in [1.29, 1.82) is 0 Å². The molecule has 6 nitrogen and oxygen atoms in total. The number of aromatic hydroxyl groups is 1. The van der Waals surface area contributed by atoms with Crippen LogP contribution in [0.2, 0.25) is 0 Å². The molecule has 3 aromatic rings. The van der Waals surface area contributed by atoms with Gasteiger partial charge in [-0.25, -0.2) is 4.39 Å². The van der Waals surface area contributed by atoms with E-state index in [4.69, 9.17) is 0 Å². The smallest absolute Gasteiger partial charge is 0.268 e. The van der Waals surface area contributed by atoms with Gasteiger partial charge in [0.2, 0.25) is 0 Å². The number of H-pyrrole nitrogens is 1. The molecular weight excluding hydrogens is 337 g/mol. The minimum atomic E-state index is -0.808. The average Bonchev–Trinajstić information content (AvgIpc) is 3.01. The van der Waals surface area contributed by atoms with Gasteiger partial charge in [0.15, 0.2) is 11.6 Å². The summed E-state index contributed by atoms with van der Waals surface area (Å²) in [4.78, 5) is 27.7. The molecule has 0 aliphatic carbocycles. The zero-order valence-corrected chi connectivity index (χ0v) is 13.9. The lowest BCUT2D eigenvalue weighted by Crippen LogP contribution is -2.33. The summed E-state index contributed by atoms with van der Waals surface area (Å²) in [7, 11) is 0. The number of aromatic amines is 1. The molecule has 0 saturated carbocycles. The van der Waals surface area contributed by atoms with Gasteiger partial charge in [0.1, 0.15) is 5.69 Å². The first kappa shape index (κ1) is 16.1. The van der Waals surface area contributed by atoms with E-state index >= 15 is 0 Å². The molecule has 1 unspecified atom stereocenters. The van der Waals surface area contributed by atoms with Crippen LogP contribution in [0.1, 0.15) is 39.3 Å². The van der Waals surface area contributed by atoms with E-state index in [-0.39, 0.29) is 17.5 Å². The molecule has 2 amide bonds. The van der Waals surface area contributed by atoms with E-state index in [0.29, 0.717) is 17.8 Å². The number of rotatable bonds is 2. The molecule has 7 heteroatoms. The summed E-state index contributed by atoms with van der Waals surface area (Å²) in [6, 6.07) is 8.76. The first-order valence-corrected chi connectivity index (χ1v) is 8.17. The maximum atomic E-state index is 13.4. The van der Waals surface area contributed by atoms with Crippen molar-refractivity contribution in [3.8, 4) is 5.75 Å². The van der Waals surface area contributed by atoms with E-state index in [1.165, 1.54) is 12.1 Å². The number of benzene rings is 2. The fourth-order valence-electron chi connectivity index (χ4n) is 3.27. The molecule has 2 heterocycles. The normalized spacial score (nSPS) is 16.2. The third-order valence-corrected chi connectivity index (χ3v) is 4.60. The summed E-state index contributed by atoms with van der Waals surface area (Å²) in [6.07, 6.45) is 0. The van der Waals surface area contributed by atoms with Crippen molar-refractivity contribution in [2.75, 3.05) is 11.9 Å². The van der Waals surface area contributed by atoms with Crippen LogP contribution >= 0.6 is 0 Å². The van der Waals surface area contributed by atoms with Crippen molar-refractivity contribution >= 4 is 28.4 Å². The molecule has 1 aliphatic heterocycles. The maximum Gasteiger partial charge on any atom is 0.268 e. The van der Waals surface area contributed by atoms with E-state index in [1.54, 1.807) is 18.2 Å². The van der Waals surface area contributed by atoms with E-state index in [1.807, 2.05) is 6.92 Å². The summed E-state index contributed by atoms with van der Waals surface area (Å²) in [5.74, 6) is -1.71. The standard InChI is InChI=1S/C19H16FN3O3/c1-9-8-21-19(26)17-16(9)12-6-10(2-4-14(12)23-17)18(25)22-11-3-5-15(24)13(20)7-11/h2-7,9,23-24H,8H2,1H3,(H,21,26)(H,22,25). The molecule has 1 aromatic heterocycles. The van der Waals surface area contributed by atoms with E-state index < -0.39 is 17.5 Å². The Hall–Kier alpha value is -3.35. The number of fused-ring (bicyclic) bond motifs is 3. The first-order valence-electron chi connectivity index (χ1n) is 8.17. The quantitative estimate of drug-likeness (QED) is 0.533. The monoisotopic (exact) mass is 353 g/mol. The van der Waals surface area contributed by atoms with Gasteiger partial charge in [-0.2, -0.15) is 0 Å².